The van der Waals surface area contributed by atoms with Crippen molar-refractivity contribution >= 4 is 39.4 Å². The molecule has 2 rings (SSSR count). The summed E-state index contributed by atoms with van der Waals surface area (Å²) >= 11 is 3.17. The molecule has 0 atom stereocenters. The number of ether oxygens (including phenoxy) is 1. The van der Waals surface area contributed by atoms with Crippen LogP contribution >= 0.6 is 15.9 Å². The molecule has 0 aliphatic rings. The third-order valence-corrected chi connectivity index (χ3v) is 3.36. The van der Waals surface area contributed by atoms with Gasteiger partial charge in [-0.05, 0) is 46.3 Å². The Morgan fingerprint density at radius 2 is 2.05 bits per heavy atom. The molecule has 0 fully saturated rings. The minimum Gasteiger partial charge on any atom is -0.478 e. The number of anilines is 2. The number of carbonyl (C=O) groups is 2. The zero-order valence-electron chi connectivity index (χ0n) is 11.0. The summed E-state index contributed by atoms with van der Waals surface area (Å²) in [4.78, 5) is 26.8. The molecular weight excluding hydrogens is 340 g/mol. The maximum Gasteiger partial charge on any atom is 0.341 e. The van der Waals surface area contributed by atoms with E-state index in [1.807, 2.05) is 0 Å². The lowest BCUT2D eigenvalue weighted by molar-refractivity contribution is 0.0600. The molecule has 1 aromatic carbocycles. The lowest BCUT2D eigenvalue weighted by Gasteiger charge is -2.10. The Hall–Kier alpha value is -2.41. The molecule has 0 radical (unpaired) electrons. The van der Waals surface area contributed by atoms with Gasteiger partial charge in [-0.25, -0.2) is 14.6 Å². The van der Waals surface area contributed by atoms with E-state index in [0.717, 1.165) is 0 Å². The van der Waals surface area contributed by atoms with Crippen molar-refractivity contribution in [2.24, 2.45) is 0 Å². The largest absolute Gasteiger partial charge is 0.478 e. The number of carboxylic acid groups (broad SMARTS) is 1. The summed E-state index contributed by atoms with van der Waals surface area (Å²) in [5.74, 6) is -1.29. The second-order valence-corrected chi connectivity index (χ2v) is 4.87. The van der Waals surface area contributed by atoms with E-state index in [4.69, 9.17) is 5.11 Å². The number of aromatic nitrogens is 1. The fourth-order valence-electron chi connectivity index (χ4n) is 1.68. The van der Waals surface area contributed by atoms with Crippen molar-refractivity contribution in [3.63, 3.8) is 0 Å². The Bertz CT molecular complexity index is 703. The molecule has 0 amide bonds. The maximum absolute atomic E-state index is 11.6. The van der Waals surface area contributed by atoms with Crippen LogP contribution in [-0.4, -0.2) is 29.1 Å². The van der Waals surface area contributed by atoms with Crippen LogP contribution in [0.3, 0.4) is 0 Å². The van der Waals surface area contributed by atoms with E-state index in [0.29, 0.717) is 16.0 Å². The second-order valence-electron chi connectivity index (χ2n) is 4.02. The first kappa shape index (κ1) is 15.0. The first-order valence-electron chi connectivity index (χ1n) is 5.86. The molecular formula is C14H11BrN2O4. The summed E-state index contributed by atoms with van der Waals surface area (Å²) in [6.07, 6.45) is 1.52. The van der Waals surface area contributed by atoms with Crippen LogP contribution in [0, 0.1) is 0 Å². The van der Waals surface area contributed by atoms with E-state index in [9.17, 15) is 9.59 Å². The zero-order valence-corrected chi connectivity index (χ0v) is 12.5. The highest BCUT2D eigenvalue weighted by atomic mass is 79.9. The van der Waals surface area contributed by atoms with Gasteiger partial charge >= 0.3 is 11.9 Å². The molecule has 7 heteroatoms. The molecule has 0 unspecified atom stereocenters. The molecule has 1 heterocycles. The van der Waals surface area contributed by atoms with Crippen molar-refractivity contribution in [1.82, 2.24) is 4.98 Å². The highest BCUT2D eigenvalue weighted by molar-refractivity contribution is 9.10. The van der Waals surface area contributed by atoms with Gasteiger partial charge in [0.25, 0.3) is 0 Å². The standard InChI is InChI=1S/C14H11BrN2O4/c1-21-14(20)9-3-2-6-16-12(9)17-8-4-5-11(15)10(7-8)13(18)19/h2-7H,1H3,(H,16,17)(H,18,19). The number of benzene rings is 1. The summed E-state index contributed by atoms with van der Waals surface area (Å²) in [7, 11) is 1.28. The molecule has 6 nitrogen and oxygen atoms in total. The van der Waals surface area contributed by atoms with Crippen LogP contribution in [0.15, 0.2) is 41.0 Å². The predicted molar refractivity (Wildman–Crippen MR) is 80.0 cm³/mol. The summed E-state index contributed by atoms with van der Waals surface area (Å²) in [6.45, 7) is 0. The van der Waals surface area contributed by atoms with E-state index >= 15 is 0 Å². The first-order chi connectivity index (χ1) is 10.0. The third kappa shape index (κ3) is 3.38. The molecule has 0 aliphatic heterocycles. The number of hydrogen-bond acceptors (Lipinski definition) is 5. The van der Waals surface area contributed by atoms with Crippen LogP contribution in [0.25, 0.3) is 0 Å². The number of hydrogen-bond donors (Lipinski definition) is 2. The number of carbonyl (C=O) groups excluding carboxylic acids is 1. The lowest BCUT2D eigenvalue weighted by Crippen LogP contribution is -2.07. The number of aromatic carboxylic acids is 1. The fraction of sp³-hybridized carbons (Fsp3) is 0.0714. The zero-order chi connectivity index (χ0) is 15.4. The van der Waals surface area contributed by atoms with Crippen molar-refractivity contribution in [2.75, 3.05) is 12.4 Å². The van der Waals surface area contributed by atoms with E-state index in [1.165, 1.54) is 19.4 Å². The van der Waals surface area contributed by atoms with Crippen LogP contribution in [-0.2, 0) is 4.74 Å². The summed E-state index contributed by atoms with van der Waals surface area (Å²) in [6, 6.07) is 7.90. The average molecular weight is 351 g/mol. The predicted octanol–water partition coefficient (Wildman–Crippen LogP) is 3.07. The van der Waals surface area contributed by atoms with Gasteiger partial charge in [0.1, 0.15) is 11.4 Å². The Morgan fingerprint density at radius 3 is 2.71 bits per heavy atom. The van der Waals surface area contributed by atoms with Crippen molar-refractivity contribution in [1.29, 1.82) is 0 Å². The monoisotopic (exact) mass is 350 g/mol. The number of carboxylic acids is 1. The lowest BCUT2D eigenvalue weighted by atomic mass is 10.2. The van der Waals surface area contributed by atoms with E-state index in [2.05, 4.69) is 31.0 Å². The number of halogens is 1. The number of nitrogens with one attached hydrogen (secondary N) is 1. The van der Waals surface area contributed by atoms with E-state index in [1.54, 1.807) is 24.3 Å². The summed E-state index contributed by atoms with van der Waals surface area (Å²) < 4.78 is 5.14. The molecule has 0 saturated heterocycles. The number of rotatable bonds is 4. The van der Waals surface area contributed by atoms with Crippen molar-refractivity contribution in [3.8, 4) is 0 Å². The highest BCUT2D eigenvalue weighted by Crippen LogP contribution is 2.24. The Balaban J connectivity index is 2.37. The van der Waals surface area contributed by atoms with Crippen LogP contribution in [0.1, 0.15) is 20.7 Å². The van der Waals surface area contributed by atoms with Gasteiger partial charge in [-0.15, -0.1) is 0 Å². The maximum atomic E-state index is 11.6. The van der Waals surface area contributed by atoms with Gasteiger partial charge in [0, 0.05) is 16.4 Å². The first-order valence-corrected chi connectivity index (χ1v) is 6.65. The quantitative estimate of drug-likeness (QED) is 0.823. The molecule has 2 aromatic rings. The Morgan fingerprint density at radius 1 is 1.29 bits per heavy atom. The molecule has 21 heavy (non-hydrogen) atoms. The van der Waals surface area contributed by atoms with Gasteiger partial charge in [-0.2, -0.15) is 0 Å². The molecule has 0 aliphatic carbocycles. The SMILES string of the molecule is COC(=O)c1cccnc1Nc1ccc(Br)c(C(=O)O)c1. The number of nitrogens with zero attached hydrogens (tertiary/aromatic N) is 1. The molecule has 0 saturated carbocycles. The highest BCUT2D eigenvalue weighted by Gasteiger charge is 2.14. The topological polar surface area (TPSA) is 88.5 Å². The molecule has 108 valence electrons. The van der Waals surface area contributed by atoms with Crippen LogP contribution < -0.4 is 5.32 Å². The number of methoxy groups -OCH3 is 1. The van der Waals surface area contributed by atoms with Gasteiger partial charge in [0.2, 0.25) is 0 Å². The van der Waals surface area contributed by atoms with Crippen LogP contribution in [0.4, 0.5) is 11.5 Å². The molecule has 0 bridgehead atoms. The second kappa shape index (κ2) is 6.36. The number of pyridine rings is 1. The third-order valence-electron chi connectivity index (χ3n) is 2.67. The van der Waals surface area contributed by atoms with Gasteiger partial charge in [0.05, 0.1) is 12.7 Å². The van der Waals surface area contributed by atoms with Crippen molar-refractivity contribution < 1.29 is 19.4 Å². The van der Waals surface area contributed by atoms with Gasteiger partial charge in [0.15, 0.2) is 0 Å². The minimum atomic E-state index is -1.06. The van der Waals surface area contributed by atoms with Crippen LogP contribution in [0.2, 0.25) is 0 Å². The van der Waals surface area contributed by atoms with Crippen molar-refractivity contribution in [3.05, 3.63) is 52.1 Å². The Kier molecular flexibility index (Phi) is 4.54. The fourth-order valence-corrected chi connectivity index (χ4v) is 2.10. The normalized spacial score (nSPS) is 10.0. The summed E-state index contributed by atoms with van der Waals surface area (Å²) in [5.41, 5.74) is 0.870. The average Bonchev–Trinajstić information content (AvgIpc) is 2.48. The van der Waals surface area contributed by atoms with Gasteiger partial charge in [-0.1, -0.05) is 0 Å². The minimum absolute atomic E-state index is 0.107. The Labute approximate surface area is 128 Å². The molecule has 1 aromatic heterocycles. The molecule has 0 spiro atoms. The molecule has 2 N–H and O–H groups in total. The van der Waals surface area contributed by atoms with Crippen molar-refractivity contribution in [2.45, 2.75) is 0 Å². The smallest absolute Gasteiger partial charge is 0.341 e. The van der Waals surface area contributed by atoms with E-state index in [-0.39, 0.29) is 11.1 Å². The summed E-state index contributed by atoms with van der Waals surface area (Å²) in [5, 5.41) is 12.0. The van der Waals surface area contributed by atoms with Crippen LogP contribution in [0.5, 0.6) is 0 Å². The van der Waals surface area contributed by atoms with Gasteiger partial charge < -0.3 is 15.2 Å². The van der Waals surface area contributed by atoms with E-state index < -0.39 is 11.9 Å². The van der Waals surface area contributed by atoms with Gasteiger partial charge in [-0.3, -0.25) is 0 Å². The number of esters is 1.